The van der Waals surface area contributed by atoms with E-state index >= 15 is 0 Å². The molecule has 0 bridgehead atoms. The van der Waals surface area contributed by atoms with Gasteiger partial charge in [-0.25, -0.2) is 4.39 Å². The van der Waals surface area contributed by atoms with E-state index in [1.807, 2.05) is 51.1 Å². The summed E-state index contributed by atoms with van der Waals surface area (Å²) in [6.07, 6.45) is 0.327. The number of halogens is 1. The second-order valence-electron chi connectivity index (χ2n) is 5.66. The second-order valence-corrected chi connectivity index (χ2v) is 5.66. The number of carbonyl (C=O) groups excluding carboxylic acids is 1. The molecule has 0 fully saturated rings. The minimum Gasteiger partial charge on any atom is -0.298 e. The van der Waals surface area contributed by atoms with Crippen molar-refractivity contribution in [2.24, 2.45) is 0 Å². The van der Waals surface area contributed by atoms with Gasteiger partial charge in [0.2, 0.25) is 0 Å². The van der Waals surface area contributed by atoms with Crippen LogP contribution < -0.4 is 0 Å². The van der Waals surface area contributed by atoms with Gasteiger partial charge in [-0.3, -0.25) is 4.79 Å². The van der Waals surface area contributed by atoms with Crippen LogP contribution in [0.5, 0.6) is 0 Å². The van der Waals surface area contributed by atoms with Crippen molar-refractivity contribution in [3.05, 3.63) is 71.0 Å². The van der Waals surface area contributed by atoms with Gasteiger partial charge in [0.15, 0.2) is 0 Å². The first-order chi connectivity index (χ1) is 9.41. The predicted molar refractivity (Wildman–Crippen MR) is 79.3 cm³/mol. The summed E-state index contributed by atoms with van der Waals surface area (Å²) < 4.78 is 13.1. The fourth-order valence-electron chi connectivity index (χ4n) is 2.27. The molecule has 0 saturated carbocycles. The van der Waals surface area contributed by atoms with E-state index in [-0.39, 0.29) is 11.6 Å². The summed E-state index contributed by atoms with van der Waals surface area (Å²) in [5, 5.41) is 0. The number of benzene rings is 2. The molecular formula is C18H19FO. The Kier molecular flexibility index (Phi) is 4.03. The lowest BCUT2D eigenvalue weighted by Crippen LogP contribution is -2.30. The summed E-state index contributed by atoms with van der Waals surface area (Å²) in [6, 6.07) is 14.3. The quantitative estimate of drug-likeness (QED) is 0.812. The van der Waals surface area contributed by atoms with Crippen molar-refractivity contribution in [2.75, 3.05) is 0 Å². The molecular weight excluding hydrogens is 251 g/mol. The van der Waals surface area contributed by atoms with E-state index in [1.54, 1.807) is 6.07 Å². The average molecular weight is 270 g/mol. The van der Waals surface area contributed by atoms with Gasteiger partial charge < -0.3 is 0 Å². The molecule has 0 saturated heterocycles. The maximum atomic E-state index is 13.1. The van der Waals surface area contributed by atoms with E-state index in [0.29, 0.717) is 6.42 Å². The largest absolute Gasteiger partial charge is 0.298 e. The molecule has 0 aliphatic heterocycles. The number of hydrogen-bond donors (Lipinski definition) is 0. The van der Waals surface area contributed by atoms with Crippen LogP contribution in [0.4, 0.5) is 4.39 Å². The van der Waals surface area contributed by atoms with Crippen molar-refractivity contribution in [1.29, 1.82) is 0 Å². The Balaban J connectivity index is 2.23. The molecule has 0 aromatic heterocycles. The summed E-state index contributed by atoms with van der Waals surface area (Å²) in [6.45, 7) is 5.70. The molecule has 2 aromatic rings. The highest BCUT2D eigenvalue weighted by Crippen LogP contribution is 2.26. The maximum Gasteiger partial charge on any atom is 0.147 e. The van der Waals surface area contributed by atoms with Gasteiger partial charge in [-0.15, -0.1) is 0 Å². The van der Waals surface area contributed by atoms with Gasteiger partial charge in [0.1, 0.15) is 11.6 Å². The van der Waals surface area contributed by atoms with Gasteiger partial charge in [0.05, 0.1) is 0 Å². The molecule has 20 heavy (non-hydrogen) atoms. The van der Waals surface area contributed by atoms with E-state index in [2.05, 4.69) is 0 Å². The number of rotatable bonds is 4. The molecule has 0 atom stereocenters. The zero-order chi connectivity index (χ0) is 14.8. The summed E-state index contributed by atoms with van der Waals surface area (Å²) >= 11 is 0. The molecule has 0 unspecified atom stereocenters. The third-order valence-corrected chi connectivity index (χ3v) is 3.85. The van der Waals surface area contributed by atoms with Crippen molar-refractivity contribution < 1.29 is 9.18 Å². The van der Waals surface area contributed by atoms with Crippen molar-refractivity contribution >= 4 is 5.78 Å². The monoisotopic (exact) mass is 270 g/mol. The number of hydrogen-bond acceptors (Lipinski definition) is 1. The number of aryl methyl sites for hydroxylation is 1. The van der Waals surface area contributed by atoms with Crippen LogP contribution in [0, 0.1) is 12.7 Å². The van der Waals surface area contributed by atoms with Crippen LogP contribution in [-0.4, -0.2) is 5.78 Å². The average Bonchev–Trinajstić information content (AvgIpc) is 2.42. The van der Waals surface area contributed by atoms with E-state index in [4.69, 9.17) is 0 Å². The summed E-state index contributed by atoms with van der Waals surface area (Å²) in [4.78, 5) is 12.6. The fraction of sp³-hybridized carbons (Fsp3) is 0.278. The van der Waals surface area contributed by atoms with Gasteiger partial charge in [0.25, 0.3) is 0 Å². The fourth-order valence-corrected chi connectivity index (χ4v) is 2.27. The minimum absolute atomic E-state index is 0.137. The van der Waals surface area contributed by atoms with Gasteiger partial charge in [-0.05, 0) is 49.6 Å². The Hall–Kier alpha value is -1.96. The standard InChI is InChI=1S/C18H19FO/c1-13-11-16(19)10-9-14(13)12-17(20)18(2,3)15-7-5-4-6-8-15/h4-11H,12H2,1-3H3. The molecule has 0 amide bonds. The first-order valence-corrected chi connectivity index (χ1v) is 6.75. The smallest absolute Gasteiger partial charge is 0.147 e. The minimum atomic E-state index is -0.540. The highest BCUT2D eigenvalue weighted by atomic mass is 19.1. The first kappa shape index (κ1) is 14.4. The molecule has 1 nitrogen and oxygen atoms in total. The van der Waals surface area contributed by atoms with Crippen LogP contribution in [0.15, 0.2) is 48.5 Å². The van der Waals surface area contributed by atoms with E-state index in [1.165, 1.54) is 12.1 Å². The van der Waals surface area contributed by atoms with Crippen LogP contribution in [0.2, 0.25) is 0 Å². The normalized spacial score (nSPS) is 11.4. The summed E-state index contributed by atoms with van der Waals surface area (Å²) in [7, 11) is 0. The third kappa shape index (κ3) is 2.96. The predicted octanol–water partition coefficient (Wildman–Crippen LogP) is 4.22. The van der Waals surface area contributed by atoms with Crippen LogP contribution >= 0.6 is 0 Å². The lowest BCUT2D eigenvalue weighted by Gasteiger charge is -2.24. The highest BCUT2D eigenvalue weighted by Gasteiger charge is 2.29. The van der Waals surface area contributed by atoms with Crippen molar-refractivity contribution in [3.8, 4) is 0 Å². The van der Waals surface area contributed by atoms with Gasteiger partial charge >= 0.3 is 0 Å². The Labute approximate surface area is 119 Å². The molecule has 2 rings (SSSR count). The molecule has 2 heteroatoms. The Morgan fingerprint density at radius 1 is 1.10 bits per heavy atom. The Bertz CT molecular complexity index is 615. The lowest BCUT2D eigenvalue weighted by molar-refractivity contribution is -0.122. The van der Waals surface area contributed by atoms with Crippen molar-refractivity contribution in [1.82, 2.24) is 0 Å². The van der Waals surface area contributed by atoms with Gasteiger partial charge in [-0.2, -0.15) is 0 Å². The molecule has 0 radical (unpaired) electrons. The number of carbonyl (C=O) groups is 1. The highest BCUT2D eigenvalue weighted by molar-refractivity contribution is 5.91. The third-order valence-electron chi connectivity index (χ3n) is 3.85. The Morgan fingerprint density at radius 3 is 2.35 bits per heavy atom. The molecule has 0 N–H and O–H groups in total. The topological polar surface area (TPSA) is 17.1 Å². The lowest BCUT2D eigenvalue weighted by atomic mass is 9.78. The summed E-state index contributed by atoms with van der Waals surface area (Å²) in [5.41, 5.74) is 2.18. The van der Waals surface area contributed by atoms with E-state index < -0.39 is 5.41 Å². The van der Waals surface area contributed by atoms with Crippen LogP contribution in [0.3, 0.4) is 0 Å². The van der Waals surface area contributed by atoms with Gasteiger partial charge in [0, 0.05) is 11.8 Å². The van der Waals surface area contributed by atoms with E-state index in [9.17, 15) is 9.18 Å². The zero-order valence-electron chi connectivity index (χ0n) is 12.1. The van der Waals surface area contributed by atoms with Crippen LogP contribution in [0.25, 0.3) is 0 Å². The molecule has 0 heterocycles. The summed E-state index contributed by atoms with van der Waals surface area (Å²) in [5.74, 6) is -0.126. The molecule has 0 aliphatic carbocycles. The Morgan fingerprint density at radius 2 is 1.75 bits per heavy atom. The molecule has 2 aromatic carbocycles. The molecule has 0 spiro atoms. The first-order valence-electron chi connectivity index (χ1n) is 6.75. The molecule has 0 aliphatic rings. The maximum absolute atomic E-state index is 13.1. The van der Waals surface area contributed by atoms with Crippen molar-refractivity contribution in [2.45, 2.75) is 32.6 Å². The zero-order valence-corrected chi connectivity index (χ0v) is 12.1. The number of ketones is 1. The van der Waals surface area contributed by atoms with E-state index in [0.717, 1.165) is 16.7 Å². The second kappa shape index (κ2) is 5.58. The van der Waals surface area contributed by atoms with Crippen molar-refractivity contribution in [3.63, 3.8) is 0 Å². The molecule has 104 valence electrons. The van der Waals surface area contributed by atoms with Gasteiger partial charge in [-0.1, -0.05) is 36.4 Å². The van der Waals surface area contributed by atoms with Crippen LogP contribution in [0.1, 0.15) is 30.5 Å². The number of Topliss-reactive ketones (excluding diaryl/α,β-unsaturated/α-hetero) is 1. The van der Waals surface area contributed by atoms with Crippen LogP contribution in [-0.2, 0) is 16.6 Å². The SMILES string of the molecule is Cc1cc(F)ccc1CC(=O)C(C)(C)c1ccccc1.